The van der Waals surface area contributed by atoms with Crippen molar-refractivity contribution in [3.05, 3.63) is 27.7 Å². The molecular formula is C12H17N5S. The number of anilines is 1. The van der Waals surface area contributed by atoms with Crippen LogP contribution in [0.4, 0.5) is 5.95 Å². The summed E-state index contributed by atoms with van der Waals surface area (Å²) >= 11 is 1.80. The Morgan fingerprint density at radius 3 is 3.22 bits per heavy atom. The molecule has 0 aromatic carbocycles. The lowest BCUT2D eigenvalue weighted by Crippen LogP contribution is -2.24. The fraction of sp³-hybridized carbons (Fsp3) is 0.500. The van der Waals surface area contributed by atoms with Gasteiger partial charge in [-0.05, 0) is 36.9 Å². The van der Waals surface area contributed by atoms with Gasteiger partial charge in [0.05, 0.1) is 6.04 Å². The minimum absolute atomic E-state index is 0.320. The number of thiophene rings is 1. The Balaban J connectivity index is 1.98. The van der Waals surface area contributed by atoms with E-state index in [1.807, 2.05) is 4.68 Å². The molecule has 0 spiro atoms. The average Bonchev–Trinajstić information content (AvgIpc) is 2.94. The number of hydrogen-bond donors (Lipinski definition) is 2. The molecule has 0 radical (unpaired) electrons. The van der Waals surface area contributed by atoms with Gasteiger partial charge in [0.2, 0.25) is 5.95 Å². The number of aryl methyl sites for hydroxylation is 1. The van der Waals surface area contributed by atoms with E-state index in [-0.39, 0.29) is 0 Å². The zero-order valence-corrected chi connectivity index (χ0v) is 11.2. The quantitative estimate of drug-likeness (QED) is 0.881. The third-order valence-electron chi connectivity index (χ3n) is 3.24. The van der Waals surface area contributed by atoms with Crippen molar-refractivity contribution in [2.24, 2.45) is 5.73 Å². The first-order chi connectivity index (χ1) is 8.79. The van der Waals surface area contributed by atoms with Gasteiger partial charge < -0.3 is 11.1 Å². The molecule has 3 heterocycles. The van der Waals surface area contributed by atoms with E-state index in [4.69, 9.17) is 5.73 Å². The number of nitrogens with zero attached hydrogens (tertiary/aromatic N) is 3. The van der Waals surface area contributed by atoms with Crippen molar-refractivity contribution in [3.63, 3.8) is 0 Å². The third kappa shape index (κ3) is 1.91. The van der Waals surface area contributed by atoms with Crippen molar-refractivity contribution in [1.82, 2.24) is 14.8 Å². The molecule has 1 aliphatic heterocycles. The van der Waals surface area contributed by atoms with Gasteiger partial charge in [0, 0.05) is 17.8 Å². The highest BCUT2D eigenvalue weighted by Gasteiger charge is 2.26. The van der Waals surface area contributed by atoms with E-state index >= 15 is 0 Å². The van der Waals surface area contributed by atoms with Gasteiger partial charge >= 0.3 is 0 Å². The van der Waals surface area contributed by atoms with E-state index in [9.17, 15) is 0 Å². The Hall–Kier alpha value is -1.40. The molecule has 2 aromatic rings. The van der Waals surface area contributed by atoms with Crippen molar-refractivity contribution in [1.29, 1.82) is 0 Å². The summed E-state index contributed by atoms with van der Waals surface area (Å²) in [7, 11) is 0. The lowest BCUT2D eigenvalue weighted by Gasteiger charge is -2.24. The second kappa shape index (κ2) is 4.70. The zero-order chi connectivity index (χ0) is 12.5. The molecule has 1 aliphatic rings. The molecule has 1 atom stereocenters. The van der Waals surface area contributed by atoms with E-state index < -0.39 is 0 Å². The highest BCUT2D eigenvalue weighted by atomic mass is 32.1. The molecule has 18 heavy (non-hydrogen) atoms. The van der Waals surface area contributed by atoms with Crippen LogP contribution < -0.4 is 11.1 Å². The van der Waals surface area contributed by atoms with Crippen molar-refractivity contribution in [2.75, 3.05) is 18.4 Å². The van der Waals surface area contributed by atoms with Crippen LogP contribution in [0.15, 0.2) is 11.4 Å². The lowest BCUT2D eigenvalue weighted by atomic mass is 10.1. The standard InChI is InChI=1S/C12H17N5S/c1-8-4-7-18-11(8)9-3-6-14-12-15-10(2-5-13)16-17(9)12/h4,7,9H,2-3,5-6,13H2,1H3,(H,14,15,16). The van der Waals surface area contributed by atoms with E-state index in [1.54, 1.807) is 11.3 Å². The second-order valence-electron chi connectivity index (χ2n) is 4.53. The van der Waals surface area contributed by atoms with Crippen LogP contribution in [0.2, 0.25) is 0 Å². The zero-order valence-electron chi connectivity index (χ0n) is 10.4. The maximum atomic E-state index is 5.56. The maximum Gasteiger partial charge on any atom is 0.222 e. The smallest absolute Gasteiger partial charge is 0.222 e. The van der Waals surface area contributed by atoms with E-state index in [1.165, 1.54) is 10.4 Å². The topological polar surface area (TPSA) is 68.8 Å². The van der Waals surface area contributed by atoms with Crippen molar-refractivity contribution < 1.29 is 0 Å². The Kier molecular flexibility index (Phi) is 3.05. The highest BCUT2D eigenvalue weighted by Crippen LogP contribution is 2.33. The summed E-state index contributed by atoms with van der Waals surface area (Å²) in [5.41, 5.74) is 6.91. The van der Waals surface area contributed by atoms with Gasteiger partial charge in [-0.1, -0.05) is 0 Å². The van der Waals surface area contributed by atoms with Crippen molar-refractivity contribution in [2.45, 2.75) is 25.8 Å². The predicted octanol–water partition coefficient (Wildman–Crippen LogP) is 1.55. The van der Waals surface area contributed by atoms with E-state index in [0.717, 1.165) is 31.2 Å². The fourth-order valence-corrected chi connectivity index (χ4v) is 3.40. The molecule has 0 saturated heterocycles. The summed E-state index contributed by atoms with van der Waals surface area (Å²) in [6, 6.07) is 2.49. The van der Waals surface area contributed by atoms with Gasteiger partial charge in [0.1, 0.15) is 0 Å². The van der Waals surface area contributed by atoms with E-state index in [0.29, 0.717) is 12.6 Å². The minimum Gasteiger partial charge on any atom is -0.354 e. The molecule has 2 aromatic heterocycles. The van der Waals surface area contributed by atoms with Crippen LogP contribution in [0.5, 0.6) is 0 Å². The number of fused-ring (bicyclic) bond motifs is 1. The SMILES string of the molecule is Cc1ccsc1C1CCNc2nc(CCN)nn21. The highest BCUT2D eigenvalue weighted by molar-refractivity contribution is 7.10. The molecule has 0 bridgehead atoms. The van der Waals surface area contributed by atoms with Crippen LogP contribution in [0.3, 0.4) is 0 Å². The molecule has 3 rings (SSSR count). The van der Waals surface area contributed by atoms with Crippen LogP contribution in [-0.2, 0) is 6.42 Å². The normalized spacial score (nSPS) is 18.4. The van der Waals surface area contributed by atoms with Crippen LogP contribution in [0, 0.1) is 6.92 Å². The Labute approximate surface area is 110 Å². The van der Waals surface area contributed by atoms with Gasteiger partial charge in [-0.2, -0.15) is 10.1 Å². The first kappa shape index (κ1) is 11.7. The molecule has 0 aliphatic carbocycles. The van der Waals surface area contributed by atoms with Gasteiger partial charge in [-0.15, -0.1) is 11.3 Å². The summed E-state index contributed by atoms with van der Waals surface area (Å²) < 4.78 is 2.02. The van der Waals surface area contributed by atoms with Gasteiger partial charge in [0.25, 0.3) is 0 Å². The number of nitrogens with one attached hydrogen (secondary N) is 1. The van der Waals surface area contributed by atoms with E-state index in [2.05, 4.69) is 33.8 Å². The molecule has 0 saturated carbocycles. The van der Waals surface area contributed by atoms with Gasteiger partial charge in [-0.3, -0.25) is 0 Å². The molecule has 3 N–H and O–H groups in total. The van der Waals surface area contributed by atoms with Crippen LogP contribution >= 0.6 is 11.3 Å². The van der Waals surface area contributed by atoms with Crippen molar-refractivity contribution in [3.8, 4) is 0 Å². The average molecular weight is 263 g/mol. The van der Waals surface area contributed by atoms with Crippen molar-refractivity contribution >= 4 is 17.3 Å². The van der Waals surface area contributed by atoms with Crippen LogP contribution in [0.1, 0.15) is 28.7 Å². The number of hydrogen-bond acceptors (Lipinski definition) is 5. The fourth-order valence-electron chi connectivity index (χ4n) is 2.35. The summed E-state index contributed by atoms with van der Waals surface area (Å²) in [6.07, 6.45) is 1.79. The second-order valence-corrected chi connectivity index (χ2v) is 5.48. The van der Waals surface area contributed by atoms with Crippen LogP contribution in [0.25, 0.3) is 0 Å². The Morgan fingerprint density at radius 2 is 2.50 bits per heavy atom. The molecule has 0 amide bonds. The predicted molar refractivity (Wildman–Crippen MR) is 73.1 cm³/mol. The summed E-state index contributed by atoms with van der Waals surface area (Å²) in [5, 5.41) is 10.0. The van der Waals surface area contributed by atoms with Crippen LogP contribution in [-0.4, -0.2) is 27.9 Å². The third-order valence-corrected chi connectivity index (χ3v) is 4.36. The first-order valence-electron chi connectivity index (χ1n) is 6.23. The van der Waals surface area contributed by atoms with Gasteiger partial charge in [0.15, 0.2) is 5.82 Å². The molecule has 96 valence electrons. The van der Waals surface area contributed by atoms with Gasteiger partial charge in [-0.25, -0.2) is 4.68 Å². The number of aromatic nitrogens is 3. The molecule has 0 fully saturated rings. The largest absolute Gasteiger partial charge is 0.354 e. The molecule has 6 heteroatoms. The maximum absolute atomic E-state index is 5.56. The molecule has 1 unspecified atom stereocenters. The molecule has 5 nitrogen and oxygen atoms in total. The minimum atomic E-state index is 0.320. The number of rotatable bonds is 3. The summed E-state index contributed by atoms with van der Waals surface area (Å²) in [5.74, 6) is 1.71. The number of nitrogens with two attached hydrogens (primary N) is 1. The Bertz CT molecular complexity index is 544. The summed E-state index contributed by atoms with van der Waals surface area (Å²) in [4.78, 5) is 5.89. The summed E-state index contributed by atoms with van der Waals surface area (Å²) in [6.45, 7) is 3.69. The molecular weight excluding hydrogens is 246 g/mol. The first-order valence-corrected chi connectivity index (χ1v) is 7.11. The Morgan fingerprint density at radius 1 is 1.61 bits per heavy atom. The lowest BCUT2D eigenvalue weighted by molar-refractivity contribution is 0.482. The monoisotopic (exact) mass is 263 g/mol.